The maximum atomic E-state index is 13.1. The van der Waals surface area contributed by atoms with E-state index in [2.05, 4.69) is 5.10 Å². The largest absolute Gasteiger partial charge is 0.481 e. The number of aromatic nitrogens is 2. The number of nitrogens with zero attached hydrogens (tertiary/aromatic N) is 3. The van der Waals surface area contributed by atoms with Crippen LogP contribution in [-0.4, -0.2) is 26.8 Å². The molecule has 1 aliphatic rings. The molecule has 1 unspecified atom stereocenters. The third kappa shape index (κ3) is 3.32. The van der Waals surface area contributed by atoms with Gasteiger partial charge >= 0.3 is 12.1 Å². The van der Waals surface area contributed by atoms with E-state index in [9.17, 15) is 27.9 Å². The van der Waals surface area contributed by atoms with Crippen LogP contribution in [0.3, 0.4) is 0 Å². The van der Waals surface area contributed by atoms with E-state index in [1.807, 2.05) is 0 Å². The predicted molar refractivity (Wildman–Crippen MR) is 90.5 cm³/mol. The van der Waals surface area contributed by atoms with Gasteiger partial charge in [-0.15, -0.1) is 0 Å². The molecule has 1 amide bonds. The molecule has 1 aliphatic heterocycles. The molecule has 0 spiro atoms. The van der Waals surface area contributed by atoms with E-state index < -0.39 is 29.5 Å². The van der Waals surface area contributed by atoms with Crippen LogP contribution >= 0.6 is 0 Å². The van der Waals surface area contributed by atoms with Crippen molar-refractivity contribution in [2.24, 2.45) is 13.0 Å². The number of hydrogen-bond donors (Lipinski definition) is 1. The molecule has 1 N–H and O–H groups in total. The van der Waals surface area contributed by atoms with Crippen molar-refractivity contribution in [1.29, 1.82) is 0 Å². The summed E-state index contributed by atoms with van der Waals surface area (Å²) < 4.78 is 40.7. The van der Waals surface area contributed by atoms with Crippen molar-refractivity contribution in [3.8, 4) is 0 Å². The number of amides is 1. The summed E-state index contributed by atoms with van der Waals surface area (Å²) in [5.74, 6) is -3.50. The number of carbonyl (C=O) groups excluding carboxylic acids is 1. The molecule has 1 aromatic heterocycles. The second-order valence-corrected chi connectivity index (χ2v) is 6.22. The van der Waals surface area contributed by atoms with Gasteiger partial charge in [0.05, 0.1) is 11.3 Å². The van der Waals surface area contributed by atoms with E-state index >= 15 is 0 Å². The van der Waals surface area contributed by atoms with Crippen LogP contribution < -0.4 is 4.90 Å². The lowest BCUT2D eigenvalue weighted by molar-refractivity contribution is -0.146. The zero-order chi connectivity index (χ0) is 19.9. The number of alkyl halides is 3. The fourth-order valence-corrected chi connectivity index (χ4v) is 3.19. The molecule has 2 heterocycles. The lowest BCUT2D eigenvalue weighted by Gasteiger charge is -2.34. The van der Waals surface area contributed by atoms with Gasteiger partial charge in [-0.3, -0.25) is 19.2 Å². The summed E-state index contributed by atoms with van der Waals surface area (Å²) in [5, 5.41) is 13.5. The fraction of sp³-hybridized carbons (Fsp3) is 0.278. The zero-order valence-electron chi connectivity index (χ0n) is 14.5. The molecule has 0 bridgehead atoms. The van der Waals surface area contributed by atoms with Crippen molar-refractivity contribution in [1.82, 2.24) is 9.78 Å². The number of benzene rings is 1. The third-order valence-corrected chi connectivity index (χ3v) is 4.56. The molecule has 0 saturated heterocycles. The molecule has 3 rings (SSSR count). The van der Waals surface area contributed by atoms with Crippen LogP contribution in [-0.2, 0) is 22.8 Å². The van der Waals surface area contributed by atoms with Gasteiger partial charge in [-0.1, -0.05) is 6.07 Å². The zero-order valence-corrected chi connectivity index (χ0v) is 14.5. The first kappa shape index (κ1) is 18.7. The van der Waals surface area contributed by atoms with Gasteiger partial charge in [0.2, 0.25) is 5.91 Å². The molecule has 9 heteroatoms. The van der Waals surface area contributed by atoms with Gasteiger partial charge in [0.1, 0.15) is 5.92 Å². The molecule has 0 aliphatic carbocycles. The number of carboxylic acid groups (broad SMARTS) is 1. The van der Waals surface area contributed by atoms with Crippen molar-refractivity contribution < 1.29 is 27.9 Å². The maximum absolute atomic E-state index is 13.1. The van der Waals surface area contributed by atoms with Crippen LogP contribution in [0.15, 0.2) is 42.2 Å². The molecular formula is C18H16F3N3O3. The molecule has 0 fully saturated rings. The van der Waals surface area contributed by atoms with Crippen LogP contribution in [0, 0.1) is 5.92 Å². The first-order chi connectivity index (χ1) is 12.6. The van der Waals surface area contributed by atoms with Crippen LogP contribution in [0.2, 0.25) is 0 Å². The summed E-state index contributed by atoms with van der Waals surface area (Å²) in [4.78, 5) is 25.4. The SMILES string of the molecule is CC1=C(c2ccnn2C)CC(C(=O)O)C(=O)N1c1cccc(C(F)(F)F)c1. The molecule has 1 atom stereocenters. The van der Waals surface area contributed by atoms with Crippen molar-refractivity contribution in [2.75, 3.05) is 4.90 Å². The lowest BCUT2D eigenvalue weighted by Crippen LogP contribution is -2.42. The minimum Gasteiger partial charge on any atom is -0.481 e. The van der Waals surface area contributed by atoms with E-state index in [4.69, 9.17) is 0 Å². The number of carbonyl (C=O) groups is 2. The molecule has 1 aromatic carbocycles. The van der Waals surface area contributed by atoms with Crippen molar-refractivity contribution in [2.45, 2.75) is 19.5 Å². The van der Waals surface area contributed by atoms with Crippen LogP contribution in [0.1, 0.15) is 24.6 Å². The quantitative estimate of drug-likeness (QED) is 0.831. The van der Waals surface area contributed by atoms with Crippen LogP contribution in [0.5, 0.6) is 0 Å². The number of halogens is 3. The summed E-state index contributed by atoms with van der Waals surface area (Å²) in [6.45, 7) is 1.58. The molecule has 142 valence electrons. The van der Waals surface area contributed by atoms with Crippen molar-refractivity contribution in [3.05, 3.63) is 53.5 Å². The van der Waals surface area contributed by atoms with Gasteiger partial charge in [0, 0.05) is 24.6 Å². The molecule has 0 radical (unpaired) electrons. The number of aryl methyl sites for hydroxylation is 1. The van der Waals surface area contributed by atoms with Crippen LogP contribution in [0.25, 0.3) is 5.57 Å². The first-order valence-electron chi connectivity index (χ1n) is 8.03. The monoisotopic (exact) mass is 379 g/mol. The Bertz CT molecular complexity index is 947. The number of anilines is 1. The molecule has 0 saturated carbocycles. The summed E-state index contributed by atoms with van der Waals surface area (Å²) in [7, 11) is 1.66. The number of aliphatic carboxylic acids is 1. The third-order valence-electron chi connectivity index (χ3n) is 4.56. The number of rotatable bonds is 3. The van der Waals surface area contributed by atoms with Crippen molar-refractivity contribution in [3.63, 3.8) is 0 Å². The van der Waals surface area contributed by atoms with E-state index in [0.29, 0.717) is 17.0 Å². The van der Waals surface area contributed by atoms with E-state index in [1.54, 1.807) is 20.0 Å². The topological polar surface area (TPSA) is 75.4 Å². The summed E-state index contributed by atoms with van der Waals surface area (Å²) in [6.07, 6.45) is -3.12. The Hall–Kier alpha value is -3.10. The average Bonchev–Trinajstić information content (AvgIpc) is 3.00. The summed E-state index contributed by atoms with van der Waals surface area (Å²) in [5.41, 5.74) is 0.570. The van der Waals surface area contributed by atoms with Gasteiger partial charge in [0.15, 0.2) is 0 Å². The second kappa shape index (κ2) is 6.57. The lowest BCUT2D eigenvalue weighted by atomic mass is 9.89. The maximum Gasteiger partial charge on any atom is 0.416 e. The molecule has 27 heavy (non-hydrogen) atoms. The molecule has 2 aromatic rings. The average molecular weight is 379 g/mol. The minimum absolute atomic E-state index is 0.0297. The highest BCUT2D eigenvalue weighted by Crippen LogP contribution is 2.39. The summed E-state index contributed by atoms with van der Waals surface area (Å²) in [6, 6.07) is 5.94. The highest BCUT2D eigenvalue weighted by atomic mass is 19.4. The number of allylic oxidation sites excluding steroid dienone is 2. The second-order valence-electron chi connectivity index (χ2n) is 6.22. The van der Waals surface area contributed by atoms with Gasteiger partial charge in [-0.05, 0) is 43.2 Å². The molecule has 6 nitrogen and oxygen atoms in total. The highest BCUT2D eigenvalue weighted by molar-refractivity contribution is 6.11. The highest BCUT2D eigenvalue weighted by Gasteiger charge is 2.40. The Morgan fingerprint density at radius 1 is 1.30 bits per heavy atom. The Morgan fingerprint density at radius 3 is 2.56 bits per heavy atom. The number of carboxylic acids is 1. The Balaban J connectivity index is 2.18. The Morgan fingerprint density at radius 2 is 2.00 bits per heavy atom. The smallest absolute Gasteiger partial charge is 0.416 e. The Labute approximate surface area is 152 Å². The van der Waals surface area contributed by atoms with E-state index in [-0.39, 0.29) is 12.1 Å². The minimum atomic E-state index is -4.58. The first-order valence-corrected chi connectivity index (χ1v) is 8.03. The van der Waals surface area contributed by atoms with Gasteiger partial charge in [-0.2, -0.15) is 18.3 Å². The van der Waals surface area contributed by atoms with Gasteiger partial charge in [-0.25, -0.2) is 0 Å². The molecular weight excluding hydrogens is 363 g/mol. The standard InChI is InChI=1S/C18H16F3N3O3/c1-10-13(15-6-7-22-23(15)2)9-14(17(26)27)16(25)24(10)12-5-3-4-11(8-12)18(19,20)21/h3-8,14H,9H2,1-2H3,(H,26,27). The van der Waals surface area contributed by atoms with E-state index in [1.165, 1.54) is 23.0 Å². The Kier molecular flexibility index (Phi) is 4.54. The van der Waals surface area contributed by atoms with Gasteiger partial charge < -0.3 is 5.11 Å². The normalized spacial score (nSPS) is 18.2. The fourth-order valence-electron chi connectivity index (χ4n) is 3.19. The summed E-state index contributed by atoms with van der Waals surface area (Å²) >= 11 is 0. The van der Waals surface area contributed by atoms with Crippen molar-refractivity contribution >= 4 is 23.1 Å². The van der Waals surface area contributed by atoms with E-state index in [0.717, 1.165) is 17.0 Å². The van der Waals surface area contributed by atoms with Crippen LogP contribution in [0.4, 0.5) is 18.9 Å². The number of hydrogen-bond acceptors (Lipinski definition) is 3. The van der Waals surface area contributed by atoms with Gasteiger partial charge in [0.25, 0.3) is 0 Å². The predicted octanol–water partition coefficient (Wildman–Crippen LogP) is 3.31.